The summed E-state index contributed by atoms with van der Waals surface area (Å²) in [7, 11) is 0. The molecule has 9 heteroatoms. The molecule has 2 N–H and O–H groups in total. The summed E-state index contributed by atoms with van der Waals surface area (Å²) in [6.07, 6.45) is -0.756. The smallest absolute Gasteiger partial charge is 0.270 e. The number of thiazole rings is 1. The molecule has 2 aromatic carbocycles. The zero-order valence-corrected chi connectivity index (χ0v) is 15.8. The number of hydrogen-bond acceptors (Lipinski definition) is 7. The second-order valence-corrected chi connectivity index (χ2v) is 7.30. The monoisotopic (exact) mass is 409 g/mol. The van der Waals surface area contributed by atoms with Crippen LogP contribution in [0.4, 0.5) is 10.8 Å². The van der Waals surface area contributed by atoms with E-state index in [1.54, 1.807) is 24.3 Å². The van der Waals surface area contributed by atoms with Crippen molar-refractivity contribution in [3.63, 3.8) is 0 Å². The van der Waals surface area contributed by atoms with Crippen molar-refractivity contribution in [2.45, 2.75) is 6.10 Å². The summed E-state index contributed by atoms with van der Waals surface area (Å²) in [4.78, 5) is 28.5. The second-order valence-electron chi connectivity index (χ2n) is 6.44. The number of nitrogens with one attached hydrogen (secondary N) is 2. The first-order chi connectivity index (χ1) is 14.2. The maximum absolute atomic E-state index is 12.5. The Morgan fingerprint density at radius 3 is 2.90 bits per heavy atom. The molecule has 0 fully saturated rings. The summed E-state index contributed by atoms with van der Waals surface area (Å²) in [5.74, 6) is 1.25. The minimum atomic E-state index is -0.756. The molecule has 0 radical (unpaired) electrons. The Morgan fingerprint density at radius 1 is 1.14 bits per heavy atom. The van der Waals surface area contributed by atoms with Gasteiger partial charge < -0.3 is 19.5 Å². The first-order valence-corrected chi connectivity index (χ1v) is 9.75. The van der Waals surface area contributed by atoms with Crippen LogP contribution in [0.5, 0.6) is 17.2 Å². The van der Waals surface area contributed by atoms with Crippen LogP contribution in [0.15, 0.2) is 47.8 Å². The number of carbonyl (C=O) groups excluding carboxylic acids is 2. The van der Waals surface area contributed by atoms with Gasteiger partial charge in [-0.2, -0.15) is 0 Å². The fourth-order valence-corrected chi connectivity index (χ4v) is 3.76. The highest BCUT2D eigenvalue weighted by Crippen LogP contribution is 2.34. The molecule has 146 valence electrons. The fraction of sp³-hybridized carbons (Fsp3) is 0.150. The molecule has 5 rings (SSSR count). The Morgan fingerprint density at radius 2 is 2.00 bits per heavy atom. The molecule has 1 unspecified atom stereocenters. The highest BCUT2D eigenvalue weighted by atomic mass is 32.1. The lowest BCUT2D eigenvalue weighted by atomic mass is 10.1. The number of amides is 2. The number of benzene rings is 2. The maximum atomic E-state index is 12.5. The van der Waals surface area contributed by atoms with Gasteiger partial charge in [0.1, 0.15) is 12.4 Å². The predicted octanol–water partition coefficient (Wildman–Crippen LogP) is 2.92. The molecule has 2 aliphatic heterocycles. The largest absolute Gasteiger partial charge is 0.485 e. The van der Waals surface area contributed by atoms with Gasteiger partial charge in [0.25, 0.3) is 11.8 Å². The summed E-state index contributed by atoms with van der Waals surface area (Å²) in [5.41, 5.74) is 2.08. The molecular weight excluding hydrogens is 394 g/mol. The Bertz CT molecular complexity index is 1110. The van der Waals surface area contributed by atoms with Crippen LogP contribution in [0, 0.1) is 0 Å². The molecular formula is C20H15N3O5S. The minimum absolute atomic E-state index is 0.0106. The molecule has 0 spiro atoms. The van der Waals surface area contributed by atoms with Crippen LogP contribution >= 0.6 is 11.3 Å². The minimum Gasteiger partial charge on any atom is -0.485 e. The molecule has 29 heavy (non-hydrogen) atoms. The number of aromatic nitrogens is 1. The number of carbonyl (C=O) groups is 2. The van der Waals surface area contributed by atoms with Crippen molar-refractivity contribution in [1.29, 1.82) is 0 Å². The van der Waals surface area contributed by atoms with Gasteiger partial charge in [0.15, 0.2) is 23.2 Å². The lowest BCUT2D eigenvalue weighted by Gasteiger charge is -2.25. The number of fused-ring (bicyclic) bond motifs is 2. The van der Waals surface area contributed by atoms with Crippen LogP contribution in [0.1, 0.15) is 0 Å². The van der Waals surface area contributed by atoms with Gasteiger partial charge in [0.2, 0.25) is 6.10 Å². The van der Waals surface area contributed by atoms with Crippen molar-refractivity contribution >= 4 is 34.0 Å². The molecule has 3 aromatic rings. The van der Waals surface area contributed by atoms with Crippen molar-refractivity contribution in [2.75, 3.05) is 23.8 Å². The van der Waals surface area contributed by atoms with E-state index in [0.29, 0.717) is 33.8 Å². The molecule has 2 amide bonds. The highest BCUT2D eigenvalue weighted by Gasteiger charge is 2.28. The van der Waals surface area contributed by atoms with Gasteiger partial charge in [0.05, 0.1) is 11.4 Å². The highest BCUT2D eigenvalue weighted by molar-refractivity contribution is 7.14. The predicted molar refractivity (Wildman–Crippen MR) is 107 cm³/mol. The number of hydrogen-bond donors (Lipinski definition) is 2. The molecule has 2 aliphatic rings. The number of anilines is 2. The van der Waals surface area contributed by atoms with E-state index in [0.717, 1.165) is 5.56 Å². The molecule has 1 atom stereocenters. The van der Waals surface area contributed by atoms with Crippen molar-refractivity contribution in [1.82, 2.24) is 4.98 Å². The van der Waals surface area contributed by atoms with Gasteiger partial charge in [-0.25, -0.2) is 4.98 Å². The lowest BCUT2D eigenvalue weighted by Crippen LogP contribution is -2.40. The normalized spacial score (nSPS) is 17.0. The fourth-order valence-electron chi connectivity index (χ4n) is 3.04. The van der Waals surface area contributed by atoms with Gasteiger partial charge in [-0.05, 0) is 30.3 Å². The van der Waals surface area contributed by atoms with Gasteiger partial charge in [-0.3, -0.25) is 14.9 Å². The zero-order valence-electron chi connectivity index (χ0n) is 15.0. The van der Waals surface area contributed by atoms with Gasteiger partial charge >= 0.3 is 0 Å². The average Bonchev–Trinajstić information content (AvgIpc) is 3.21. The average molecular weight is 409 g/mol. The third-order valence-electron chi connectivity index (χ3n) is 4.44. The maximum Gasteiger partial charge on any atom is 0.270 e. The van der Waals surface area contributed by atoms with Crippen molar-refractivity contribution in [3.8, 4) is 28.5 Å². The van der Waals surface area contributed by atoms with Gasteiger partial charge in [0, 0.05) is 10.9 Å². The third-order valence-corrected chi connectivity index (χ3v) is 5.20. The molecule has 3 heterocycles. The molecule has 8 nitrogen and oxygen atoms in total. The van der Waals surface area contributed by atoms with Gasteiger partial charge in [-0.15, -0.1) is 11.3 Å². The summed E-state index contributed by atoms with van der Waals surface area (Å²) < 4.78 is 16.7. The Balaban J connectivity index is 1.29. The lowest BCUT2D eigenvalue weighted by molar-refractivity contribution is -0.125. The van der Waals surface area contributed by atoms with Crippen LogP contribution in [0.3, 0.4) is 0 Å². The Kier molecular flexibility index (Phi) is 4.28. The third kappa shape index (κ3) is 3.47. The van der Waals surface area contributed by atoms with Crippen molar-refractivity contribution in [2.24, 2.45) is 0 Å². The van der Waals surface area contributed by atoms with E-state index >= 15 is 0 Å². The molecule has 1 aromatic heterocycles. The Labute approximate surface area is 169 Å². The van der Waals surface area contributed by atoms with E-state index in [-0.39, 0.29) is 25.0 Å². The topological polar surface area (TPSA) is 98.8 Å². The molecule has 0 bridgehead atoms. The van der Waals surface area contributed by atoms with Crippen LogP contribution in [-0.4, -0.2) is 36.1 Å². The van der Waals surface area contributed by atoms with Crippen molar-refractivity contribution in [3.05, 3.63) is 47.8 Å². The first-order valence-electron chi connectivity index (χ1n) is 8.88. The summed E-state index contributed by atoms with van der Waals surface area (Å²) in [6, 6.07) is 12.7. The van der Waals surface area contributed by atoms with Crippen LogP contribution in [0.25, 0.3) is 11.3 Å². The van der Waals surface area contributed by atoms with Crippen LogP contribution in [-0.2, 0) is 9.59 Å². The number of ether oxygens (including phenoxy) is 3. The first kappa shape index (κ1) is 17.5. The number of rotatable bonds is 3. The summed E-state index contributed by atoms with van der Waals surface area (Å²) in [6.45, 7) is 0.141. The summed E-state index contributed by atoms with van der Waals surface area (Å²) in [5, 5.41) is 7.82. The standard InChI is InChI=1S/C20H15N3O5S/c24-18-9-27-14-6-5-11(7-12(14)21-18)13-10-29-20(22-13)23-19(25)17-8-26-15-3-1-2-4-16(15)28-17/h1-7,10,17H,8-9H2,(H,21,24)(H,22,23,25). The Hall–Kier alpha value is -3.59. The van der Waals surface area contributed by atoms with Crippen LogP contribution < -0.4 is 24.8 Å². The molecule has 0 aliphatic carbocycles. The molecule has 0 saturated carbocycles. The molecule has 0 saturated heterocycles. The van der Waals surface area contributed by atoms with Crippen LogP contribution in [0.2, 0.25) is 0 Å². The van der Waals surface area contributed by atoms with E-state index in [1.165, 1.54) is 11.3 Å². The second kappa shape index (κ2) is 7.10. The zero-order chi connectivity index (χ0) is 19.8. The van der Waals surface area contributed by atoms with Crippen molar-refractivity contribution < 1.29 is 23.8 Å². The van der Waals surface area contributed by atoms with E-state index in [4.69, 9.17) is 14.2 Å². The SMILES string of the molecule is O=C1COc2ccc(-c3csc(NC(=O)C4COc5ccccc5O4)n3)cc2N1. The quantitative estimate of drug-likeness (QED) is 0.690. The number of nitrogens with zero attached hydrogens (tertiary/aromatic N) is 1. The van der Waals surface area contributed by atoms with E-state index in [9.17, 15) is 9.59 Å². The number of para-hydroxylation sites is 2. The van der Waals surface area contributed by atoms with Gasteiger partial charge in [-0.1, -0.05) is 12.1 Å². The van der Waals surface area contributed by atoms with E-state index < -0.39 is 6.10 Å². The summed E-state index contributed by atoms with van der Waals surface area (Å²) >= 11 is 1.30. The van der Waals surface area contributed by atoms with E-state index in [1.807, 2.05) is 23.6 Å². The van der Waals surface area contributed by atoms with E-state index in [2.05, 4.69) is 15.6 Å².